The van der Waals surface area contributed by atoms with Crippen molar-refractivity contribution in [2.45, 2.75) is 20.0 Å². The highest BCUT2D eigenvalue weighted by Crippen LogP contribution is 2.09. The van der Waals surface area contributed by atoms with E-state index in [1.165, 1.54) is 11.0 Å². The van der Waals surface area contributed by atoms with Crippen LogP contribution in [-0.4, -0.2) is 41.0 Å². The minimum Gasteiger partial charge on any atom is -0.334 e. The number of nitrogens with one attached hydrogen (secondary N) is 2. The number of carbonyl (C=O) groups is 1. The van der Waals surface area contributed by atoms with E-state index in [1.54, 1.807) is 11.0 Å². The predicted octanol–water partition coefficient (Wildman–Crippen LogP) is 0.595. The Labute approximate surface area is 131 Å². The van der Waals surface area contributed by atoms with Crippen LogP contribution in [-0.2, 0) is 13.1 Å². The molecular weight excluding hydrogens is 298 g/mol. The van der Waals surface area contributed by atoms with Gasteiger partial charge in [0, 0.05) is 13.1 Å². The van der Waals surface area contributed by atoms with Gasteiger partial charge in [0.2, 0.25) is 0 Å². The molecule has 3 aromatic rings. The van der Waals surface area contributed by atoms with Gasteiger partial charge in [0.15, 0.2) is 0 Å². The van der Waals surface area contributed by atoms with E-state index in [0.717, 1.165) is 11.3 Å². The first-order valence-corrected chi connectivity index (χ1v) is 7.01. The quantitative estimate of drug-likeness (QED) is 0.712. The molecule has 2 heterocycles. The number of tetrazole rings is 1. The van der Waals surface area contributed by atoms with Crippen LogP contribution in [0.2, 0.25) is 0 Å². The number of amides is 2. The highest BCUT2D eigenvalue weighted by molar-refractivity contribution is 5.87. The normalized spacial score (nSPS) is 10.5. The second-order valence-corrected chi connectivity index (χ2v) is 4.64. The lowest BCUT2D eigenvalue weighted by atomic mass is 10.2. The predicted molar refractivity (Wildman–Crippen MR) is 80.7 cm³/mol. The van der Waals surface area contributed by atoms with Crippen molar-refractivity contribution in [3.05, 3.63) is 42.5 Å². The number of hydrogen-bond acceptors (Lipinski definition) is 6. The van der Waals surface area contributed by atoms with Crippen LogP contribution in [0.15, 0.2) is 36.9 Å². The van der Waals surface area contributed by atoms with Gasteiger partial charge in [0.05, 0.1) is 5.69 Å². The van der Waals surface area contributed by atoms with E-state index < -0.39 is 0 Å². The first-order chi connectivity index (χ1) is 11.3. The Morgan fingerprint density at radius 3 is 3.04 bits per heavy atom. The average molecular weight is 313 g/mol. The molecule has 1 aromatic carbocycles. The first-order valence-electron chi connectivity index (χ1n) is 7.01. The molecule has 0 saturated carbocycles. The van der Waals surface area contributed by atoms with Crippen LogP contribution in [0.4, 0.5) is 10.7 Å². The van der Waals surface area contributed by atoms with Crippen molar-refractivity contribution in [1.29, 1.82) is 0 Å². The molecule has 0 radical (unpaired) electrons. The Morgan fingerprint density at radius 2 is 2.26 bits per heavy atom. The summed E-state index contributed by atoms with van der Waals surface area (Å²) in [6.45, 7) is 2.82. The fourth-order valence-corrected chi connectivity index (χ4v) is 1.99. The Bertz CT molecular complexity index is 780. The molecule has 0 bridgehead atoms. The van der Waals surface area contributed by atoms with E-state index >= 15 is 0 Å². The maximum atomic E-state index is 11.9. The lowest BCUT2D eigenvalue weighted by molar-refractivity contribution is 0.251. The fourth-order valence-electron chi connectivity index (χ4n) is 1.99. The molecule has 0 saturated heterocycles. The second kappa shape index (κ2) is 6.64. The third-order valence-electron chi connectivity index (χ3n) is 3.10. The summed E-state index contributed by atoms with van der Waals surface area (Å²) in [5.74, 6) is 0.307. The lowest BCUT2D eigenvalue weighted by Crippen LogP contribution is -2.29. The molecule has 3 rings (SSSR count). The van der Waals surface area contributed by atoms with E-state index in [-0.39, 0.29) is 6.03 Å². The zero-order valence-corrected chi connectivity index (χ0v) is 12.4. The number of carbonyl (C=O) groups excluding carboxylic acids is 1. The third kappa shape index (κ3) is 3.48. The van der Waals surface area contributed by atoms with E-state index in [4.69, 9.17) is 0 Å². The maximum absolute atomic E-state index is 11.9. The molecule has 2 aromatic heterocycles. The third-order valence-corrected chi connectivity index (χ3v) is 3.10. The molecule has 10 heteroatoms. The highest BCUT2D eigenvalue weighted by Gasteiger charge is 2.08. The molecular formula is C13H15N9O. The Hall–Kier alpha value is -3.30. The molecule has 0 unspecified atom stereocenters. The summed E-state index contributed by atoms with van der Waals surface area (Å²) in [5, 5.41) is 20.4. The number of aryl methyl sites for hydroxylation is 1. The van der Waals surface area contributed by atoms with Crippen LogP contribution in [0.1, 0.15) is 12.5 Å². The molecule has 2 amide bonds. The van der Waals surface area contributed by atoms with Gasteiger partial charge in [-0.15, -0.1) is 0 Å². The topological polar surface area (TPSA) is 115 Å². The van der Waals surface area contributed by atoms with Crippen molar-refractivity contribution >= 4 is 12.0 Å². The van der Waals surface area contributed by atoms with Crippen molar-refractivity contribution in [3.63, 3.8) is 0 Å². The smallest absolute Gasteiger partial charge is 0.321 e. The van der Waals surface area contributed by atoms with Crippen LogP contribution in [0.3, 0.4) is 0 Å². The van der Waals surface area contributed by atoms with Crippen molar-refractivity contribution in [2.24, 2.45) is 0 Å². The number of rotatable bonds is 5. The highest BCUT2D eigenvalue weighted by atomic mass is 16.2. The molecule has 0 atom stereocenters. The number of aromatic nitrogens is 7. The summed E-state index contributed by atoms with van der Waals surface area (Å²) in [5.41, 5.74) is 1.81. The van der Waals surface area contributed by atoms with Crippen LogP contribution < -0.4 is 10.6 Å². The van der Waals surface area contributed by atoms with Gasteiger partial charge in [-0.25, -0.2) is 19.1 Å². The number of benzene rings is 1. The van der Waals surface area contributed by atoms with E-state index in [9.17, 15) is 4.79 Å². The Balaban J connectivity index is 1.60. The molecule has 118 valence electrons. The molecule has 2 N–H and O–H groups in total. The van der Waals surface area contributed by atoms with E-state index in [2.05, 4.69) is 36.2 Å². The van der Waals surface area contributed by atoms with Gasteiger partial charge in [0.1, 0.15) is 12.7 Å². The summed E-state index contributed by atoms with van der Waals surface area (Å²) < 4.78 is 3.14. The summed E-state index contributed by atoms with van der Waals surface area (Å²) in [4.78, 5) is 15.8. The second-order valence-electron chi connectivity index (χ2n) is 4.64. The largest absolute Gasteiger partial charge is 0.334 e. The molecule has 0 aliphatic heterocycles. The molecule has 10 nitrogen and oxygen atoms in total. The molecule has 0 aliphatic rings. The van der Waals surface area contributed by atoms with Gasteiger partial charge in [-0.1, -0.05) is 17.2 Å². The monoisotopic (exact) mass is 313 g/mol. The Morgan fingerprint density at radius 1 is 1.35 bits per heavy atom. The number of anilines is 1. The van der Waals surface area contributed by atoms with Gasteiger partial charge in [-0.3, -0.25) is 5.32 Å². The van der Waals surface area contributed by atoms with Gasteiger partial charge >= 0.3 is 6.03 Å². The molecule has 0 spiro atoms. The lowest BCUT2D eigenvalue weighted by Gasteiger charge is -2.08. The fraction of sp³-hybridized carbons (Fsp3) is 0.231. The SMILES string of the molecule is CCn1nnnc1NC(=O)NCc1cccc(-n2cncn2)c1. The van der Waals surface area contributed by atoms with Gasteiger partial charge in [-0.2, -0.15) is 5.10 Å². The van der Waals surface area contributed by atoms with Crippen LogP contribution in [0.5, 0.6) is 0 Å². The van der Waals surface area contributed by atoms with Crippen LogP contribution in [0, 0.1) is 0 Å². The number of urea groups is 1. The number of nitrogens with zero attached hydrogens (tertiary/aromatic N) is 7. The minimum atomic E-state index is -0.374. The molecule has 23 heavy (non-hydrogen) atoms. The van der Waals surface area contributed by atoms with Gasteiger partial charge < -0.3 is 5.32 Å². The number of hydrogen-bond donors (Lipinski definition) is 2. The van der Waals surface area contributed by atoms with Gasteiger partial charge in [-0.05, 0) is 35.0 Å². The van der Waals surface area contributed by atoms with Crippen molar-refractivity contribution in [2.75, 3.05) is 5.32 Å². The zero-order valence-electron chi connectivity index (χ0n) is 12.4. The van der Waals surface area contributed by atoms with Crippen LogP contribution in [0.25, 0.3) is 5.69 Å². The Kier molecular flexibility index (Phi) is 4.22. The summed E-state index contributed by atoms with van der Waals surface area (Å²) in [6, 6.07) is 7.26. The van der Waals surface area contributed by atoms with E-state index in [0.29, 0.717) is 19.0 Å². The zero-order chi connectivity index (χ0) is 16.1. The average Bonchev–Trinajstić information content (AvgIpc) is 3.24. The summed E-state index contributed by atoms with van der Waals surface area (Å²) >= 11 is 0. The van der Waals surface area contributed by atoms with Gasteiger partial charge in [0.25, 0.3) is 5.95 Å². The van der Waals surface area contributed by atoms with Crippen molar-refractivity contribution < 1.29 is 4.79 Å². The van der Waals surface area contributed by atoms with Crippen molar-refractivity contribution in [1.82, 2.24) is 40.3 Å². The minimum absolute atomic E-state index is 0.307. The van der Waals surface area contributed by atoms with Crippen LogP contribution >= 0.6 is 0 Å². The summed E-state index contributed by atoms with van der Waals surface area (Å²) in [7, 11) is 0. The molecule has 0 aliphatic carbocycles. The summed E-state index contributed by atoms with van der Waals surface area (Å²) in [6.07, 6.45) is 3.08. The van der Waals surface area contributed by atoms with E-state index in [1.807, 2.05) is 31.2 Å². The standard InChI is InChI=1S/C13H15N9O/c1-2-21-12(18-19-20-21)17-13(23)15-7-10-4-3-5-11(6-10)22-9-14-8-16-22/h3-6,8-9H,2,7H2,1H3,(H2,15,17,18,20,23). The maximum Gasteiger partial charge on any atom is 0.321 e. The first kappa shape index (κ1) is 14.6. The molecule has 0 fully saturated rings. The van der Waals surface area contributed by atoms with Crippen molar-refractivity contribution in [3.8, 4) is 5.69 Å².